The predicted molar refractivity (Wildman–Crippen MR) is 56.5 cm³/mol. The summed E-state index contributed by atoms with van der Waals surface area (Å²) >= 11 is 6.74. The van der Waals surface area contributed by atoms with E-state index in [1.165, 1.54) is 0 Å². The first-order valence-electron chi connectivity index (χ1n) is 3.37. The molecule has 0 amide bonds. The molecule has 0 spiro atoms. The highest BCUT2D eigenvalue weighted by atomic mass is 127. The average molecular weight is 332 g/mol. The number of anilines is 1. The zero-order valence-corrected chi connectivity index (χ0v) is 9.51. The maximum atomic E-state index is 12.4. The van der Waals surface area contributed by atoms with Gasteiger partial charge in [-0.1, -0.05) is 0 Å². The molecule has 0 aliphatic heterocycles. The number of hydrogen-bond acceptors (Lipinski definition) is 3. The van der Waals surface area contributed by atoms with E-state index >= 15 is 0 Å². The van der Waals surface area contributed by atoms with Crippen molar-refractivity contribution in [2.45, 2.75) is 6.43 Å². The first kappa shape index (κ1) is 11.6. The Morgan fingerprint density at radius 2 is 2.21 bits per heavy atom. The van der Waals surface area contributed by atoms with Gasteiger partial charge in [0.25, 0.3) is 11.7 Å². The number of hydrogen-bond donors (Lipinski definition) is 1. The van der Waals surface area contributed by atoms with Crippen LogP contribution in [0.2, 0.25) is 0 Å². The van der Waals surface area contributed by atoms with Crippen molar-refractivity contribution in [3.63, 3.8) is 0 Å². The Hall–Kier alpha value is -0.500. The fraction of sp³-hybridized carbons (Fsp3) is 0.143. The number of pyridine rings is 1. The van der Waals surface area contributed by atoms with Crippen LogP contribution in [-0.4, -0.2) is 10.2 Å². The second kappa shape index (κ2) is 4.35. The first-order chi connectivity index (χ1) is 6.43. The van der Waals surface area contributed by atoms with Crippen LogP contribution in [0, 0.1) is 3.57 Å². The lowest BCUT2D eigenvalue weighted by Crippen LogP contribution is -2.05. The zero-order valence-electron chi connectivity index (χ0n) is 6.60. The summed E-state index contributed by atoms with van der Waals surface area (Å²) in [5.74, 6) is -0.118. The number of alkyl halides is 2. The van der Waals surface area contributed by atoms with Gasteiger partial charge >= 0.3 is 0 Å². The number of nitrogen functional groups attached to an aromatic ring is 1. The number of rotatable bonds is 2. The van der Waals surface area contributed by atoms with Gasteiger partial charge in [0.1, 0.15) is 11.5 Å². The number of carbonyl (C=O) groups is 1. The van der Waals surface area contributed by atoms with Crippen molar-refractivity contribution in [3.8, 4) is 0 Å². The minimum atomic E-state index is -2.71. The summed E-state index contributed by atoms with van der Waals surface area (Å²) in [7, 11) is 0. The van der Waals surface area contributed by atoms with E-state index in [1.807, 2.05) is 0 Å². The standard InChI is InChI=1S/C7H4ClF2IN2O/c8-5(14)3-1-2(6(9)10)4(11)7(12)13-3/h1,6H,(H2,12,13). The molecule has 0 unspecified atom stereocenters. The van der Waals surface area contributed by atoms with Gasteiger partial charge in [0.15, 0.2) is 0 Å². The van der Waals surface area contributed by atoms with E-state index in [-0.39, 0.29) is 20.6 Å². The third-order valence-corrected chi connectivity index (χ3v) is 2.82. The summed E-state index contributed by atoms with van der Waals surface area (Å²) in [4.78, 5) is 14.3. The van der Waals surface area contributed by atoms with Crippen molar-refractivity contribution >= 4 is 45.3 Å². The number of nitrogens with two attached hydrogens (primary N) is 1. The highest BCUT2D eigenvalue weighted by Crippen LogP contribution is 2.28. The Labute approximate surface area is 96.8 Å². The van der Waals surface area contributed by atoms with Gasteiger partial charge < -0.3 is 5.73 Å². The van der Waals surface area contributed by atoms with E-state index in [0.717, 1.165) is 6.07 Å². The van der Waals surface area contributed by atoms with Crippen molar-refractivity contribution in [2.24, 2.45) is 0 Å². The van der Waals surface area contributed by atoms with Crippen LogP contribution in [-0.2, 0) is 0 Å². The summed E-state index contributed by atoms with van der Waals surface area (Å²) in [5, 5.41) is -0.907. The van der Waals surface area contributed by atoms with Gasteiger partial charge in [0.2, 0.25) is 0 Å². The average Bonchev–Trinajstić information content (AvgIpc) is 2.08. The largest absolute Gasteiger partial charge is 0.383 e. The molecule has 3 nitrogen and oxygen atoms in total. The van der Waals surface area contributed by atoms with Gasteiger partial charge in [0.05, 0.1) is 3.57 Å². The molecule has 0 aromatic carbocycles. The van der Waals surface area contributed by atoms with Crippen LogP contribution in [0.4, 0.5) is 14.6 Å². The van der Waals surface area contributed by atoms with Crippen molar-refractivity contribution in [3.05, 3.63) is 20.9 Å². The maximum absolute atomic E-state index is 12.4. The van der Waals surface area contributed by atoms with Crippen LogP contribution < -0.4 is 5.73 Å². The lowest BCUT2D eigenvalue weighted by atomic mass is 10.2. The maximum Gasteiger partial charge on any atom is 0.270 e. The molecule has 0 aliphatic carbocycles. The quantitative estimate of drug-likeness (QED) is 0.669. The van der Waals surface area contributed by atoms with Crippen LogP contribution in [0.3, 0.4) is 0 Å². The van der Waals surface area contributed by atoms with Crippen molar-refractivity contribution in [1.82, 2.24) is 4.98 Å². The molecule has 76 valence electrons. The second-order valence-corrected chi connectivity index (χ2v) is 3.79. The molecular weight excluding hydrogens is 328 g/mol. The number of carbonyl (C=O) groups excluding carboxylic acids is 1. The Kier molecular flexibility index (Phi) is 3.59. The third-order valence-electron chi connectivity index (χ3n) is 1.45. The van der Waals surface area contributed by atoms with Gasteiger partial charge in [-0.3, -0.25) is 4.79 Å². The Bertz CT molecular complexity index is 386. The highest BCUT2D eigenvalue weighted by molar-refractivity contribution is 14.1. The summed E-state index contributed by atoms with van der Waals surface area (Å²) in [6.07, 6.45) is -2.71. The fourth-order valence-corrected chi connectivity index (χ4v) is 1.44. The SMILES string of the molecule is Nc1nc(C(=O)Cl)cc(C(F)F)c1I. The van der Waals surface area contributed by atoms with Gasteiger partial charge in [-0.15, -0.1) is 0 Å². The zero-order chi connectivity index (χ0) is 10.9. The highest BCUT2D eigenvalue weighted by Gasteiger charge is 2.18. The molecule has 0 aliphatic rings. The van der Waals surface area contributed by atoms with Gasteiger partial charge in [-0.05, 0) is 40.3 Å². The Balaban J connectivity index is 3.35. The summed E-state index contributed by atoms with van der Waals surface area (Å²) in [6.45, 7) is 0. The van der Waals surface area contributed by atoms with E-state index in [0.29, 0.717) is 0 Å². The molecule has 7 heteroatoms. The molecule has 2 N–H and O–H groups in total. The van der Waals surface area contributed by atoms with Crippen LogP contribution in [0.15, 0.2) is 6.07 Å². The van der Waals surface area contributed by atoms with E-state index in [4.69, 9.17) is 17.3 Å². The summed E-state index contributed by atoms with van der Waals surface area (Å²) in [5.41, 5.74) is 4.74. The van der Waals surface area contributed by atoms with E-state index in [2.05, 4.69) is 4.98 Å². The summed E-state index contributed by atoms with van der Waals surface area (Å²) in [6, 6.07) is 0.943. The normalized spacial score (nSPS) is 10.6. The molecular formula is C7H4ClF2IN2O. The molecule has 1 aromatic heterocycles. The van der Waals surface area contributed by atoms with Crippen LogP contribution in [0.5, 0.6) is 0 Å². The van der Waals surface area contributed by atoms with Crippen molar-refractivity contribution in [2.75, 3.05) is 5.73 Å². The molecule has 1 rings (SSSR count). The molecule has 1 aromatic rings. The molecule has 0 saturated heterocycles. The van der Waals surface area contributed by atoms with E-state index < -0.39 is 11.7 Å². The van der Waals surface area contributed by atoms with Crippen LogP contribution in [0.1, 0.15) is 22.5 Å². The summed E-state index contributed by atoms with van der Waals surface area (Å²) < 4.78 is 25.0. The molecule has 0 radical (unpaired) electrons. The topological polar surface area (TPSA) is 56.0 Å². The molecule has 1 heterocycles. The van der Waals surface area contributed by atoms with Crippen LogP contribution in [0.25, 0.3) is 0 Å². The molecule has 14 heavy (non-hydrogen) atoms. The molecule has 0 atom stereocenters. The van der Waals surface area contributed by atoms with E-state index in [1.54, 1.807) is 22.6 Å². The van der Waals surface area contributed by atoms with Gasteiger partial charge in [0, 0.05) is 5.56 Å². The Morgan fingerprint density at radius 3 is 2.64 bits per heavy atom. The van der Waals surface area contributed by atoms with E-state index in [9.17, 15) is 13.6 Å². The first-order valence-corrected chi connectivity index (χ1v) is 4.83. The number of aromatic nitrogens is 1. The van der Waals surface area contributed by atoms with Gasteiger partial charge in [-0.2, -0.15) is 0 Å². The smallest absolute Gasteiger partial charge is 0.270 e. The van der Waals surface area contributed by atoms with Crippen LogP contribution >= 0.6 is 34.2 Å². The minimum Gasteiger partial charge on any atom is -0.383 e. The monoisotopic (exact) mass is 332 g/mol. The number of halogens is 4. The predicted octanol–water partition coefficient (Wildman–Crippen LogP) is 2.58. The van der Waals surface area contributed by atoms with Gasteiger partial charge in [-0.25, -0.2) is 13.8 Å². The minimum absolute atomic E-state index is 0.118. The fourth-order valence-electron chi connectivity index (χ4n) is 0.829. The third kappa shape index (κ3) is 2.30. The number of nitrogens with zero attached hydrogens (tertiary/aromatic N) is 1. The lowest BCUT2D eigenvalue weighted by Gasteiger charge is -2.06. The Morgan fingerprint density at radius 1 is 1.64 bits per heavy atom. The lowest BCUT2D eigenvalue weighted by molar-refractivity contribution is 0.107. The second-order valence-electron chi connectivity index (χ2n) is 2.37. The molecule has 0 bridgehead atoms. The molecule has 0 fully saturated rings. The van der Waals surface area contributed by atoms with Crippen molar-refractivity contribution in [1.29, 1.82) is 0 Å². The molecule has 0 saturated carbocycles. The van der Waals surface area contributed by atoms with Crippen molar-refractivity contribution < 1.29 is 13.6 Å².